The highest BCUT2D eigenvalue weighted by molar-refractivity contribution is 5.97. The number of carbonyl (C=O) groups is 1. The zero-order chi connectivity index (χ0) is 23.8. The monoisotopic (exact) mass is 469 g/mol. The van der Waals surface area contributed by atoms with E-state index in [4.69, 9.17) is 10.7 Å². The molecule has 1 amide bonds. The molecule has 3 N–H and O–H groups in total. The highest BCUT2D eigenvalue weighted by atomic mass is 16.2. The molecule has 3 aliphatic rings. The van der Waals surface area contributed by atoms with Gasteiger partial charge in [0.25, 0.3) is 0 Å². The first-order valence-corrected chi connectivity index (χ1v) is 13.4. The van der Waals surface area contributed by atoms with E-state index in [1.54, 1.807) is 6.20 Å². The van der Waals surface area contributed by atoms with E-state index < -0.39 is 0 Å². The van der Waals surface area contributed by atoms with Gasteiger partial charge in [0.1, 0.15) is 5.82 Å². The molecule has 2 fully saturated rings. The molecule has 2 aliphatic carbocycles. The maximum absolute atomic E-state index is 12.4. The van der Waals surface area contributed by atoms with E-state index >= 15 is 0 Å². The van der Waals surface area contributed by atoms with Crippen LogP contribution in [0.1, 0.15) is 62.6 Å². The minimum atomic E-state index is 0.0925. The number of fused-ring (bicyclic) bond motifs is 2. The van der Waals surface area contributed by atoms with Gasteiger partial charge < -0.3 is 16.0 Å². The molecule has 0 unspecified atom stereocenters. The predicted octanol–water partition coefficient (Wildman–Crippen LogP) is 5.23. The second kappa shape index (κ2) is 9.57. The van der Waals surface area contributed by atoms with Crippen molar-refractivity contribution in [2.75, 3.05) is 23.3 Å². The molecule has 3 heterocycles. The van der Waals surface area contributed by atoms with E-state index in [0.29, 0.717) is 5.82 Å². The first kappa shape index (κ1) is 22.5. The summed E-state index contributed by atoms with van der Waals surface area (Å²) in [6.45, 7) is 1.91. The van der Waals surface area contributed by atoms with Crippen LogP contribution in [0.5, 0.6) is 0 Å². The molecule has 35 heavy (non-hydrogen) atoms. The molecular formula is C29H35N5O. The zero-order valence-electron chi connectivity index (χ0n) is 20.4. The average Bonchev–Trinajstić information content (AvgIpc) is 3.23. The smallest absolute Gasteiger partial charge is 0.228 e. The molecule has 0 radical (unpaired) electrons. The van der Waals surface area contributed by atoms with Crippen molar-refractivity contribution in [1.82, 2.24) is 9.97 Å². The molecule has 1 saturated heterocycles. The molecule has 0 bridgehead atoms. The van der Waals surface area contributed by atoms with E-state index in [9.17, 15) is 4.79 Å². The van der Waals surface area contributed by atoms with Crippen molar-refractivity contribution in [3.8, 4) is 11.1 Å². The fourth-order valence-electron chi connectivity index (χ4n) is 5.86. The van der Waals surface area contributed by atoms with Crippen LogP contribution in [0, 0.1) is 5.92 Å². The quantitative estimate of drug-likeness (QED) is 0.546. The lowest BCUT2D eigenvalue weighted by atomic mass is 9.85. The molecular weight excluding hydrogens is 434 g/mol. The molecule has 6 heteroatoms. The van der Waals surface area contributed by atoms with E-state index in [1.807, 2.05) is 12.1 Å². The van der Waals surface area contributed by atoms with Gasteiger partial charge in [0, 0.05) is 42.3 Å². The van der Waals surface area contributed by atoms with Gasteiger partial charge in [0.15, 0.2) is 0 Å². The maximum atomic E-state index is 12.4. The van der Waals surface area contributed by atoms with E-state index in [1.165, 1.54) is 48.0 Å². The molecule has 1 aliphatic heterocycles. The fraction of sp³-hybridized carbons (Fsp3) is 0.483. The van der Waals surface area contributed by atoms with Gasteiger partial charge >= 0.3 is 0 Å². The zero-order valence-corrected chi connectivity index (χ0v) is 20.4. The van der Waals surface area contributed by atoms with Crippen molar-refractivity contribution in [3.63, 3.8) is 0 Å². The Morgan fingerprint density at radius 1 is 0.971 bits per heavy atom. The van der Waals surface area contributed by atoms with Crippen LogP contribution in [0.3, 0.4) is 0 Å². The van der Waals surface area contributed by atoms with Crippen LogP contribution in [0.25, 0.3) is 22.0 Å². The van der Waals surface area contributed by atoms with Crippen LogP contribution in [-0.4, -0.2) is 35.0 Å². The largest absolute Gasteiger partial charge is 0.369 e. The second-order valence-electron chi connectivity index (χ2n) is 10.6. The van der Waals surface area contributed by atoms with Gasteiger partial charge in [0.05, 0.1) is 11.2 Å². The number of pyridine rings is 2. The van der Waals surface area contributed by atoms with Gasteiger partial charge in [-0.25, -0.2) is 4.98 Å². The molecule has 0 spiro atoms. The second-order valence-corrected chi connectivity index (χ2v) is 10.6. The topological polar surface area (TPSA) is 84.1 Å². The van der Waals surface area contributed by atoms with E-state index in [-0.39, 0.29) is 17.9 Å². The summed E-state index contributed by atoms with van der Waals surface area (Å²) in [7, 11) is 0. The van der Waals surface area contributed by atoms with Crippen LogP contribution in [0.15, 0.2) is 36.5 Å². The number of aryl methyl sites for hydroxylation is 1. The first-order valence-electron chi connectivity index (χ1n) is 13.4. The number of anilines is 2. The maximum Gasteiger partial charge on any atom is 0.228 e. The Morgan fingerprint density at radius 2 is 1.80 bits per heavy atom. The molecule has 3 aromatic rings. The summed E-state index contributed by atoms with van der Waals surface area (Å²) >= 11 is 0. The Morgan fingerprint density at radius 3 is 2.57 bits per heavy atom. The van der Waals surface area contributed by atoms with Gasteiger partial charge in [0.2, 0.25) is 5.91 Å². The number of nitrogens with zero attached hydrogens (tertiary/aromatic N) is 3. The third-order valence-electron chi connectivity index (χ3n) is 8.09. The van der Waals surface area contributed by atoms with Crippen molar-refractivity contribution in [1.29, 1.82) is 0 Å². The predicted molar refractivity (Wildman–Crippen MR) is 142 cm³/mol. The van der Waals surface area contributed by atoms with E-state index in [0.717, 1.165) is 68.3 Å². The number of aromatic nitrogens is 2. The molecule has 6 nitrogen and oxygen atoms in total. The molecule has 2 aromatic heterocycles. The standard InChI is InChI=1S/C29H35N5O/c30-22-13-15-34(18-22)28-23-8-3-1-2-4-9-25(23)32-26-11-10-20(16-24(26)28)21-12-14-31-27(17-21)33-29(35)19-6-5-7-19/h10-12,14,16-17,19,22H,1-9,13,15,18,30H2,(H,31,33,35)/t22-/m0/s1. The van der Waals surface area contributed by atoms with Gasteiger partial charge in [-0.1, -0.05) is 25.3 Å². The summed E-state index contributed by atoms with van der Waals surface area (Å²) in [5, 5.41) is 4.24. The van der Waals surface area contributed by atoms with Gasteiger partial charge in [-0.05, 0) is 85.9 Å². The molecule has 182 valence electrons. The summed E-state index contributed by atoms with van der Waals surface area (Å²) < 4.78 is 0. The Hall–Kier alpha value is -2.99. The van der Waals surface area contributed by atoms with Gasteiger partial charge in [-0.3, -0.25) is 9.78 Å². The fourth-order valence-corrected chi connectivity index (χ4v) is 5.86. The summed E-state index contributed by atoms with van der Waals surface area (Å²) in [4.78, 5) is 24.5. The molecule has 1 atom stereocenters. The third kappa shape index (κ3) is 4.52. The van der Waals surface area contributed by atoms with Crippen LogP contribution < -0.4 is 16.0 Å². The van der Waals surface area contributed by atoms with Gasteiger partial charge in [-0.2, -0.15) is 0 Å². The number of hydrogen-bond acceptors (Lipinski definition) is 5. The minimum Gasteiger partial charge on any atom is -0.369 e. The Kier molecular flexibility index (Phi) is 6.15. The van der Waals surface area contributed by atoms with Crippen molar-refractivity contribution >= 4 is 28.3 Å². The van der Waals surface area contributed by atoms with Crippen molar-refractivity contribution in [2.24, 2.45) is 11.7 Å². The van der Waals surface area contributed by atoms with Gasteiger partial charge in [-0.15, -0.1) is 0 Å². The van der Waals surface area contributed by atoms with Crippen LogP contribution in [0.4, 0.5) is 11.5 Å². The number of hydrogen-bond donors (Lipinski definition) is 2. The lowest BCUT2D eigenvalue weighted by molar-refractivity contribution is -0.122. The van der Waals surface area contributed by atoms with Crippen molar-refractivity contribution in [3.05, 3.63) is 47.8 Å². The Labute approximate surface area is 207 Å². The summed E-state index contributed by atoms with van der Waals surface area (Å²) in [5.74, 6) is 0.859. The van der Waals surface area contributed by atoms with Crippen LogP contribution in [-0.2, 0) is 17.6 Å². The number of benzene rings is 1. The highest BCUT2D eigenvalue weighted by Crippen LogP contribution is 2.38. The Bertz CT molecular complexity index is 1250. The summed E-state index contributed by atoms with van der Waals surface area (Å²) in [6, 6.07) is 10.8. The number of nitrogens with one attached hydrogen (secondary N) is 1. The molecule has 6 rings (SSSR count). The molecule has 1 saturated carbocycles. The minimum absolute atomic E-state index is 0.0925. The van der Waals surface area contributed by atoms with Crippen LogP contribution >= 0.6 is 0 Å². The number of amides is 1. The van der Waals surface area contributed by atoms with Crippen molar-refractivity contribution in [2.45, 2.75) is 70.3 Å². The summed E-state index contributed by atoms with van der Waals surface area (Å²) in [5.41, 5.74) is 13.7. The van der Waals surface area contributed by atoms with E-state index in [2.05, 4.69) is 33.4 Å². The highest BCUT2D eigenvalue weighted by Gasteiger charge is 2.27. The number of rotatable bonds is 4. The number of carbonyl (C=O) groups excluding carboxylic acids is 1. The lowest BCUT2D eigenvalue weighted by Crippen LogP contribution is -2.28. The Balaban J connectivity index is 1.41. The first-order chi connectivity index (χ1) is 17.2. The SMILES string of the molecule is N[C@H]1CCN(c2c3c(nc4ccc(-c5ccnc(NC(=O)C6CCC6)c5)cc24)CCCCCC3)C1. The lowest BCUT2D eigenvalue weighted by Gasteiger charge is -2.27. The van der Waals surface area contributed by atoms with Crippen LogP contribution in [0.2, 0.25) is 0 Å². The normalized spacial score (nSPS) is 20.7. The summed E-state index contributed by atoms with van der Waals surface area (Å²) in [6.07, 6.45) is 13.1. The average molecular weight is 470 g/mol. The molecule has 1 aromatic carbocycles. The van der Waals surface area contributed by atoms with Crippen molar-refractivity contribution < 1.29 is 4.79 Å². The number of nitrogens with two attached hydrogens (primary N) is 1. The third-order valence-corrected chi connectivity index (χ3v) is 8.09.